The van der Waals surface area contributed by atoms with Gasteiger partial charge in [-0.05, 0) is 46.4 Å². The van der Waals surface area contributed by atoms with E-state index in [1.54, 1.807) is 0 Å². The lowest BCUT2D eigenvalue weighted by atomic mass is 9.94. The molecule has 3 heteroatoms. The Morgan fingerprint density at radius 3 is 2.39 bits per heavy atom. The van der Waals surface area contributed by atoms with Crippen LogP contribution in [0.25, 0.3) is 0 Å². The van der Waals surface area contributed by atoms with E-state index in [9.17, 15) is 0 Å². The van der Waals surface area contributed by atoms with E-state index in [4.69, 9.17) is 0 Å². The summed E-state index contributed by atoms with van der Waals surface area (Å²) in [5.74, 6) is 0.847. The highest BCUT2D eigenvalue weighted by molar-refractivity contribution is 4.81. The van der Waals surface area contributed by atoms with Crippen LogP contribution in [0.1, 0.15) is 39.0 Å². The highest BCUT2D eigenvalue weighted by Gasteiger charge is 2.23. The Morgan fingerprint density at radius 2 is 1.72 bits per heavy atom. The topological polar surface area (TPSA) is 18.5 Å². The number of hydrogen-bond donors (Lipinski definition) is 1. The van der Waals surface area contributed by atoms with Crippen LogP contribution in [0.2, 0.25) is 0 Å². The van der Waals surface area contributed by atoms with Crippen molar-refractivity contribution in [3.8, 4) is 0 Å². The predicted molar refractivity (Wildman–Crippen MR) is 80.1 cm³/mol. The summed E-state index contributed by atoms with van der Waals surface area (Å²) in [4.78, 5) is 4.78. The lowest BCUT2D eigenvalue weighted by Gasteiger charge is -2.30. The molecule has 1 aliphatic carbocycles. The van der Waals surface area contributed by atoms with Crippen molar-refractivity contribution >= 4 is 0 Å². The molecule has 1 rings (SSSR count). The smallest absolute Gasteiger partial charge is 0.0107 e. The Hall–Kier alpha value is -0.120. The van der Waals surface area contributed by atoms with Crippen molar-refractivity contribution in [1.29, 1.82) is 0 Å². The van der Waals surface area contributed by atoms with Gasteiger partial charge in [0.25, 0.3) is 0 Å². The van der Waals surface area contributed by atoms with Crippen LogP contribution in [0.15, 0.2) is 0 Å². The molecule has 0 heterocycles. The normalized spacial score (nSPS) is 25.7. The van der Waals surface area contributed by atoms with E-state index in [2.05, 4.69) is 43.2 Å². The molecule has 1 saturated carbocycles. The highest BCUT2D eigenvalue weighted by Crippen LogP contribution is 2.24. The molecule has 0 radical (unpaired) electrons. The van der Waals surface area contributed by atoms with E-state index in [1.165, 1.54) is 45.2 Å². The van der Waals surface area contributed by atoms with Gasteiger partial charge in [0.05, 0.1) is 0 Å². The molecule has 0 bridgehead atoms. The highest BCUT2D eigenvalue weighted by atomic mass is 15.2. The average molecular weight is 255 g/mol. The fourth-order valence-electron chi connectivity index (χ4n) is 3.00. The van der Waals surface area contributed by atoms with Gasteiger partial charge in [-0.3, -0.25) is 0 Å². The molecule has 0 aromatic heterocycles. The van der Waals surface area contributed by atoms with E-state index < -0.39 is 0 Å². The third-order valence-corrected chi connectivity index (χ3v) is 4.10. The van der Waals surface area contributed by atoms with Crippen LogP contribution in [0.4, 0.5) is 0 Å². The molecule has 1 N–H and O–H groups in total. The Kier molecular flexibility index (Phi) is 7.87. The van der Waals surface area contributed by atoms with Crippen LogP contribution >= 0.6 is 0 Å². The Bertz CT molecular complexity index is 206. The van der Waals surface area contributed by atoms with Crippen LogP contribution in [-0.2, 0) is 0 Å². The maximum Gasteiger partial charge on any atom is 0.0107 e. The van der Waals surface area contributed by atoms with Crippen LogP contribution in [0.3, 0.4) is 0 Å². The molecule has 108 valence electrons. The second kappa shape index (κ2) is 8.89. The molecule has 0 amide bonds. The minimum absolute atomic E-state index is 0.749. The van der Waals surface area contributed by atoms with Gasteiger partial charge in [0.2, 0.25) is 0 Å². The summed E-state index contributed by atoms with van der Waals surface area (Å²) in [7, 11) is 6.58. The number of rotatable bonds is 7. The third-order valence-electron chi connectivity index (χ3n) is 4.10. The zero-order valence-corrected chi connectivity index (χ0v) is 12.9. The first-order valence-electron chi connectivity index (χ1n) is 7.70. The lowest BCUT2D eigenvalue weighted by Crippen LogP contribution is -2.42. The second-order valence-electron chi connectivity index (χ2n) is 6.13. The largest absolute Gasteiger partial charge is 0.314 e. The van der Waals surface area contributed by atoms with Gasteiger partial charge in [0.1, 0.15) is 0 Å². The predicted octanol–water partition coefficient (Wildman–Crippen LogP) is 2.04. The quantitative estimate of drug-likeness (QED) is 0.702. The number of hydrogen-bond acceptors (Lipinski definition) is 3. The van der Waals surface area contributed by atoms with Crippen molar-refractivity contribution in [3.63, 3.8) is 0 Å². The summed E-state index contributed by atoms with van der Waals surface area (Å²) in [6.07, 6.45) is 7.05. The van der Waals surface area contributed by atoms with Crippen molar-refractivity contribution in [1.82, 2.24) is 15.1 Å². The maximum atomic E-state index is 3.71. The molecule has 0 aliphatic heterocycles. The Labute approximate surface area is 114 Å². The minimum Gasteiger partial charge on any atom is -0.314 e. The van der Waals surface area contributed by atoms with E-state index in [1.807, 2.05) is 0 Å². The number of likely N-dealkylation sites (N-methyl/N-ethyl adjacent to an activating group) is 2. The number of nitrogens with one attached hydrogen (secondary N) is 1. The summed E-state index contributed by atoms with van der Waals surface area (Å²) in [6.45, 7) is 6.95. The van der Waals surface area contributed by atoms with Crippen molar-refractivity contribution in [2.24, 2.45) is 5.92 Å². The SMILES string of the molecule is CCNC1CCCCCC1CN(C)CCN(C)C. The number of nitrogens with zero attached hydrogens (tertiary/aromatic N) is 2. The van der Waals surface area contributed by atoms with E-state index >= 15 is 0 Å². The summed E-state index contributed by atoms with van der Waals surface area (Å²) >= 11 is 0. The van der Waals surface area contributed by atoms with Crippen molar-refractivity contribution in [2.75, 3.05) is 47.3 Å². The first kappa shape index (κ1) is 15.9. The molecule has 18 heavy (non-hydrogen) atoms. The molecule has 0 aromatic carbocycles. The van der Waals surface area contributed by atoms with Gasteiger partial charge < -0.3 is 15.1 Å². The molecule has 0 saturated heterocycles. The molecule has 0 aromatic rings. The van der Waals surface area contributed by atoms with Crippen LogP contribution in [-0.4, -0.2) is 63.2 Å². The van der Waals surface area contributed by atoms with Crippen molar-refractivity contribution < 1.29 is 0 Å². The molecular formula is C15H33N3. The van der Waals surface area contributed by atoms with Crippen LogP contribution in [0.5, 0.6) is 0 Å². The molecule has 1 aliphatic rings. The average Bonchev–Trinajstić information content (AvgIpc) is 2.53. The standard InChI is InChI=1S/C15H33N3/c1-5-16-15-10-8-6-7-9-14(15)13-18(4)12-11-17(2)3/h14-16H,5-13H2,1-4H3. The zero-order chi connectivity index (χ0) is 13.4. The van der Waals surface area contributed by atoms with Gasteiger partial charge in [0, 0.05) is 25.7 Å². The molecule has 1 fully saturated rings. The molecule has 2 atom stereocenters. The molecular weight excluding hydrogens is 222 g/mol. The summed E-state index contributed by atoms with van der Waals surface area (Å²) in [6, 6.07) is 0.749. The van der Waals surface area contributed by atoms with Gasteiger partial charge in [-0.15, -0.1) is 0 Å². The van der Waals surface area contributed by atoms with Crippen LogP contribution < -0.4 is 5.32 Å². The first-order valence-corrected chi connectivity index (χ1v) is 7.70. The second-order valence-corrected chi connectivity index (χ2v) is 6.13. The Balaban J connectivity index is 2.39. The lowest BCUT2D eigenvalue weighted by molar-refractivity contribution is 0.210. The van der Waals surface area contributed by atoms with Gasteiger partial charge in [0.15, 0.2) is 0 Å². The minimum atomic E-state index is 0.749. The van der Waals surface area contributed by atoms with Gasteiger partial charge >= 0.3 is 0 Å². The fraction of sp³-hybridized carbons (Fsp3) is 1.00. The fourth-order valence-corrected chi connectivity index (χ4v) is 3.00. The first-order chi connectivity index (χ1) is 8.63. The maximum absolute atomic E-state index is 3.71. The summed E-state index contributed by atoms with van der Waals surface area (Å²) in [5, 5.41) is 3.71. The molecule has 0 spiro atoms. The summed E-state index contributed by atoms with van der Waals surface area (Å²) in [5.41, 5.74) is 0. The van der Waals surface area contributed by atoms with E-state index in [0.29, 0.717) is 0 Å². The van der Waals surface area contributed by atoms with Crippen molar-refractivity contribution in [3.05, 3.63) is 0 Å². The Morgan fingerprint density at radius 1 is 1.00 bits per heavy atom. The van der Waals surface area contributed by atoms with Crippen molar-refractivity contribution in [2.45, 2.75) is 45.1 Å². The molecule has 2 unspecified atom stereocenters. The van der Waals surface area contributed by atoms with E-state index in [-0.39, 0.29) is 0 Å². The van der Waals surface area contributed by atoms with E-state index in [0.717, 1.165) is 25.0 Å². The van der Waals surface area contributed by atoms with Crippen LogP contribution in [0, 0.1) is 5.92 Å². The van der Waals surface area contributed by atoms with Gasteiger partial charge in [-0.2, -0.15) is 0 Å². The van der Waals surface area contributed by atoms with Gasteiger partial charge in [-0.25, -0.2) is 0 Å². The van der Waals surface area contributed by atoms with Gasteiger partial charge in [-0.1, -0.05) is 26.2 Å². The monoisotopic (exact) mass is 255 g/mol. The zero-order valence-electron chi connectivity index (χ0n) is 12.9. The third kappa shape index (κ3) is 6.17. The summed E-state index contributed by atoms with van der Waals surface area (Å²) < 4.78 is 0. The molecule has 3 nitrogen and oxygen atoms in total.